The van der Waals surface area contributed by atoms with Gasteiger partial charge in [-0.2, -0.15) is 13.2 Å². The number of thiocarbonyl (C=S) groups is 1. The van der Waals surface area contributed by atoms with Crippen molar-refractivity contribution in [2.75, 3.05) is 0 Å². The molecule has 1 rings (SSSR count). The van der Waals surface area contributed by atoms with Crippen molar-refractivity contribution < 1.29 is 18.0 Å². The molecule has 0 atom stereocenters. The highest BCUT2D eigenvalue weighted by atomic mass is 32.1. The first-order valence-electron chi connectivity index (χ1n) is 5.01. The van der Waals surface area contributed by atoms with Crippen LogP contribution in [0.3, 0.4) is 0 Å². The molecule has 18 heavy (non-hydrogen) atoms. The predicted molar refractivity (Wildman–Crippen MR) is 64.7 cm³/mol. The maximum absolute atomic E-state index is 12.6. The van der Waals surface area contributed by atoms with E-state index in [2.05, 4.69) is 17.5 Å². The van der Waals surface area contributed by atoms with Gasteiger partial charge in [-0.25, -0.2) is 0 Å². The van der Waals surface area contributed by atoms with Gasteiger partial charge in [0.15, 0.2) is 0 Å². The van der Waals surface area contributed by atoms with Crippen molar-refractivity contribution in [3.63, 3.8) is 0 Å². The van der Waals surface area contributed by atoms with Crippen LogP contribution < -0.4 is 11.1 Å². The average Bonchev–Trinajstić information content (AvgIpc) is 2.24. The fourth-order valence-electron chi connectivity index (χ4n) is 1.37. The van der Waals surface area contributed by atoms with E-state index in [0.29, 0.717) is 0 Å². The molecule has 3 N–H and O–H groups in total. The lowest BCUT2D eigenvalue weighted by atomic mass is 10.1. The molecule has 0 aliphatic rings. The second-order valence-corrected chi connectivity index (χ2v) is 4.10. The number of carbonyl (C=O) groups excluding carboxylic acids is 1. The highest BCUT2D eigenvalue weighted by Gasteiger charge is 2.32. The third-order valence-electron chi connectivity index (χ3n) is 2.13. The van der Waals surface area contributed by atoms with E-state index in [1.54, 1.807) is 0 Å². The van der Waals surface area contributed by atoms with Gasteiger partial charge in [0.1, 0.15) is 0 Å². The van der Waals surface area contributed by atoms with E-state index in [9.17, 15) is 18.0 Å². The summed E-state index contributed by atoms with van der Waals surface area (Å²) in [5.74, 6) is -0.500. The van der Waals surface area contributed by atoms with Crippen molar-refractivity contribution in [3.05, 3.63) is 35.4 Å². The number of hydrogen-bond acceptors (Lipinski definition) is 2. The number of amides is 1. The zero-order chi connectivity index (χ0) is 13.8. The van der Waals surface area contributed by atoms with Gasteiger partial charge in [0, 0.05) is 6.54 Å². The molecule has 1 amide bonds. The van der Waals surface area contributed by atoms with E-state index in [0.717, 1.165) is 6.07 Å². The lowest BCUT2D eigenvalue weighted by Gasteiger charge is -2.13. The van der Waals surface area contributed by atoms with E-state index in [1.807, 2.05) is 0 Å². The van der Waals surface area contributed by atoms with Crippen LogP contribution >= 0.6 is 12.2 Å². The number of alkyl halides is 3. The van der Waals surface area contributed by atoms with Crippen LogP contribution in [0.5, 0.6) is 0 Å². The molecule has 98 valence electrons. The Balaban J connectivity index is 2.74. The van der Waals surface area contributed by atoms with Crippen LogP contribution in [0, 0.1) is 0 Å². The Bertz CT molecular complexity index is 460. The molecule has 3 nitrogen and oxygen atoms in total. The minimum Gasteiger partial charge on any atom is -0.393 e. The van der Waals surface area contributed by atoms with Crippen molar-refractivity contribution in [1.29, 1.82) is 0 Å². The van der Waals surface area contributed by atoms with Gasteiger partial charge >= 0.3 is 6.18 Å². The first kappa shape index (κ1) is 14.4. The number of halogens is 3. The summed E-state index contributed by atoms with van der Waals surface area (Å²) in [5, 5.41) is 2.34. The van der Waals surface area contributed by atoms with Crippen LogP contribution in [0.25, 0.3) is 0 Å². The zero-order valence-electron chi connectivity index (χ0n) is 9.25. The van der Waals surface area contributed by atoms with Crippen molar-refractivity contribution in [2.24, 2.45) is 5.73 Å². The smallest absolute Gasteiger partial charge is 0.393 e. The number of nitrogens with two attached hydrogens (primary N) is 1. The Morgan fingerprint density at radius 3 is 2.50 bits per heavy atom. The maximum Gasteiger partial charge on any atom is 0.416 e. The molecule has 0 aromatic heterocycles. The second kappa shape index (κ2) is 5.81. The third-order valence-corrected chi connectivity index (χ3v) is 2.28. The summed E-state index contributed by atoms with van der Waals surface area (Å²) in [6.07, 6.45) is -4.62. The molecule has 0 saturated carbocycles. The van der Waals surface area contributed by atoms with Gasteiger partial charge in [-0.1, -0.05) is 30.4 Å². The molecular weight excluding hydrogens is 265 g/mol. The molecule has 0 saturated heterocycles. The number of benzene rings is 1. The molecule has 7 heteroatoms. The molecular formula is C11H11F3N2OS. The SMILES string of the molecule is NC(=S)CC(=O)NCc1ccccc1C(F)(F)F. The summed E-state index contributed by atoms with van der Waals surface area (Å²) in [5.41, 5.74) is 4.39. The number of carbonyl (C=O) groups is 1. The van der Waals surface area contributed by atoms with Crippen molar-refractivity contribution in [3.8, 4) is 0 Å². The summed E-state index contributed by atoms with van der Waals surface area (Å²) in [4.78, 5) is 11.2. The molecule has 1 aromatic rings. The molecule has 0 spiro atoms. The van der Waals surface area contributed by atoms with Crippen LogP contribution in [0.4, 0.5) is 13.2 Å². The first-order chi connectivity index (χ1) is 8.30. The minimum absolute atomic E-state index is 0.00119. The van der Waals surface area contributed by atoms with Gasteiger partial charge in [0.05, 0.1) is 17.0 Å². The number of hydrogen-bond donors (Lipinski definition) is 2. The highest BCUT2D eigenvalue weighted by molar-refractivity contribution is 7.80. The topological polar surface area (TPSA) is 55.1 Å². The molecule has 1 aromatic carbocycles. The molecule has 0 aliphatic heterocycles. The van der Waals surface area contributed by atoms with Crippen LogP contribution in [-0.4, -0.2) is 10.9 Å². The molecule has 0 bridgehead atoms. The van der Waals surface area contributed by atoms with Gasteiger partial charge in [0.25, 0.3) is 0 Å². The summed E-state index contributed by atoms with van der Waals surface area (Å²) in [7, 11) is 0. The lowest BCUT2D eigenvalue weighted by Crippen LogP contribution is -2.28. The Hall–Kier alpha value is -1.63. The summed E-state index contributed by atoms with van der Waals surface area (Å²) in [6.45, 7) is -0.211. The molecule has 0 fully saturated rings. The summed E-state index contributed by atoms with van der Waals surface area (Å²) >= 11 is 4.52. The zero-order valence-corrected chi connectivity index (χ0v) is 10.1. The quantitative estimate of drug-likeness (QED) is 0.827. The first-order valence-corrected chi connectivity index (χ1v) is 5.41. The second-order valence-electron chi connectivity index (χ2n) is 3.57. The largest absolute Gasteiger partial charge is 0.416 e. The molecule has 0 aliphatic carbocycles. The Labute approximate surface area is 107 Å². The Morgan fingerprint density at radius 2 is 1.94 bits per heavy atom. The monoisotopic (exact) mass is 276 g/mol. The summed E-state index contributed by atoms with van der Waals surface area (Å²) < 4.78 is 37.9. The third kappa shape index (κ3) is 4.33. The summed E-state index contributed by atoms with van der Waals surface area (Å²) in [6, 6.07) is 5.05. The lowest BCUT2D eigenvalue weighted by molar-refractivity contribution is -0.138. The fourth-order valence-corrected chi connectivity index (χ4v) is 1.50. The number of rotatable bonds is 4. The Morgan fingerprint density at radius 1 is 1.33 bits per heavy atom. The molecule has 0 unspecified atom stereocenters. The van der Waals surface area contributed by atoms with E-state index >= 15 is 0 Å². The van der Waals surface area contributed by atoms with Gasteiger partial charge in [-0.15, -0.1) is 0 Å². The van der Waals surface area contributed by atoms with E-state index in [1.165, 1.54) is 18.2 Å². The average molecular weight is 276 g/mol. The predicted octanol–water partition coefficient (Wildman–Crippen LogP) is 2.00. The Kier molecular flexibility index (Phi) is 4.66. The van der Waals surface area contributed by atoms with Crippen molar-refractivity contribution >= 4 is 23.1 Å². The minimum atomic E-state index is -4.44. The van der Waals surface area contributed by atoms with Crippen LogP contribution in [0.15, 0.2) is 24.3 Å². The van der Waals surface area contributed by atoms with Crippen LogP contribution in [-0.2, 0) is 17.5 Å². The van der Waals surface area contributed by atoms with Gasteiger partial charge < -0.3 is 11.1 Å². The van der Waals surface area contributed by atoms with E-state index in [-0.39, 0.29) is 23.5 Å². The van der Waals surface area contributed by atoms with E-state index < -0.39 is 17.6 Å². The standard InChI is InChI=1S/C11H11F3N2OS/c12-11(13,14)8-4-2-1-3-7(8)6-16-10(17)5-9(15)18/h1-4H,5-6H2,(H2,15,18)(H,16,17). The van der Waals surface area contributed by atoms with Crippen molar-refractivity contribution in [1.82, 2.24) is 5.32 Å². The van der Waals surface area contributed by atoms with E-state index in [4.69, 9.17) is 5.73 Å². The van der Waals surface area contributed by atoms with Crippen LogP contribution in [0.2, 0.25) is 0 Å². The van der Waals surface area contributed by atoms with Gasteiger partial charge in [0.2, 0.25) is 5.91 Å². The van der Waals surface area contributed by atoms with Gasteiger partial charge in [-0.05, 0) is 11.6 Å². The number of nitrogens with one attached hydrogen (secondary N) is 1. The molecule has 0 heterocycles. The highest BCUT2D eigenvalue weighted by Crippen LogP contribution is 2.31. The maximum atomic E-state index is 12.6. The fraction of sp³-hybridized carbons (Fsp3) is 0.273. The normalized spacial score (nSPS) is 11.1. The molecule has 0 radical (unpaired) electrons. The van der Waals surface area contributed by atoms with Crippen LogP contribution in [0.1, 0.15) is 17.5 Å². The van der Waals surface area contributed by atoms with Crippen molar-refractivity contribution in [2.45, 2.75) is 19.1 Å². The van der Waals surface area contributed by atoms with Gasteiger partial charge in [-0.3, -0.25) is 4.79 Å².